The highest BCUT2D eigenvalue weighted by molar-refractivity contribution is 7.98. The number of pyridine rings is 1. The van der Waals surface area contributed by atoms with E-state index in [0.717, 1.165) is 22.4 Å². The molecule has 184 valence electrons. The number of benzene rings is 3. The van der Waals surface area contributed by atoms with E-state index in [4.69, 9.17) is 0 Å². The van der Waals surface area contributed by atoms with E-state index in [1.165, 1.54) is 36.0 Å². The Morgan fingerprint density at radius 3 is 2.27 bits per heavy atom. The van der Waals surface area contributed by atoms with Gasteiger partial charge in [0.05, 0.1) is 0 Å². The first kappa shape index (κ1) is 24.3. The first-order valence-corrected chi connectivity index (χ1v) is 12.4. The molecule has 37 heavy (non-hydrogen) atoms. The molecule has 9 heteroatoms. The van der Waals surface area contributed by atoms with Crippen molar-refractivity contribution in [3.63, 3.8) is 0 Å². The van der Waals surface area contributed by atoms with E-state index in [2.05, 4.69) is 20.5 Å². The van der Waals surface area contributed by atoms with Crippen LogP contribution in [0.5, 0.6) is 0 Å². The van der Waals surface area contributed by atoms with Crippen LogP contribution in [0.15, 0.2) is 102 Å². The van der Waals surface area contributed by atoms with Crippen LogP contribution in [0.1, 0.15) is 21.5 Å². The predicted octanol–water partition coefficient (Wildman–Crippen LogP) is 5.83. The number of nitrogens with one attached hydrogen (secondary N) is 1. The van der Waals surface area contributed by atoms with E-state index >= 15 is 0 Å². The topological polar surface area (TPSA) is 72.7 Å². The number of aromatic nitrogens is 4. The second kappa shape index (κ2) is 11.1. The van der Waals surface area contributed by atoms with Crippen molar-refractivity contribution in [2.75, 3.05) is 0 Å². The summed E-state index contributed by atoms with van der Waals surface area (Å²) in [6.07, 6.45) is 3.36. The van der Waals surface area contributed by atoms with Gasteiger partial charge in [0.25, 0.3) is 5.91 Å². The van der Waals surface area contributed by atoms with Crippen molar-refractivity contribution in [2.24, 2.45) is 0 Å². The Balaban J connectivity index is 1.33. The standard InChI is InChI=1S/C28H21F2N5OS/c29-23-6-4-19(5-7-23)17-32-27(36)22-3-1-2-20(16-22)18-37-28-34-33-26(21-12-14-31-15-13-21)35(28)25-10-8-24(30)9-11-25/h1-16H,17-18H2,(H,32,36). The fourth-order valence-electron chi connectivity index (χ4n) is 3.71. The lowest BCUT2D eigenvalue weighted by molar-refractivity contribution is 0.0951. The highest BCUT2D eigenvalue weighted by Crippen LogP contribution is 2.30. The maximum Gasteiger partial charge on any atom is 0.251 e. The van der Waals surface area contributed by atoms with Crippen LogP contribution in [0.3, 0.4) is 0 Å². The molecule has 0 atom stereocenters. The van der Waals surface area contributed by atoms with Gasteiger partial charge in [0, 0.05) is 41.5 Å². The largest absolute Gasteiger partial charge is 0.348 e. The number of rotatable bonds is 8. The maximum absolute atomic E-state index is 13.6. The lowest BCUT2D eigenvalue weighted by Gasteiger charge is -2.11. The van der Waals surface area contributed by atoms with Gasteiger partial charge < -0.3 is 5.32 Å². The van der Waals surface area contributed by atoms with Crippen molar-refractivity contribution in [3.05, 3.63) is 126 Å². The van der Waals surface area contributed by atoms with Gasteiger partial charge in [-0.05, 0) is 71.8 Å². The highest BCUT2D eigenvalue weighted by Gasteiger charge is 2.17. The van der Waals surface area contributed by atoms with Crippen LogP contribution in [-0.2, 0) is 12.3 Å². The number of amides is 1. The quantitative estimate of drug-likeness (QED) is 0.264. The molecule has 1 N–H and O–H groups in total. The van der Waals surface area contributed by atoms with Gasteiger partial charge in [-0.1, -0.05) is 36.0 Å². The fourth-order valence-corrected chi connectivity index (χ4v) is 4.61. The Kier molecular flexibility index (Phi) is 7.32. The van der Waals surface area contributed by atoms with Gasteiger partial charge >= 0.3 is 0 Å². The van der Waals surface area contributed by atoms with Gasteiger partial charge in [0.1, 0.15) is 11.6 Å². The van der Waals surface area contributed by atoms with Crippen LogP contribution in [0.2, 0.25) is 0 Å². The van der Waals surface area contributed by atoms with Gasteiger partial charge in [-0.3, -0.25) is 14.3 Å². The van der Waals surface area contributed by atoms with Gasteiger partial charge in [0.2, 0.25) is 0 Å². The lowest BCUT2D eigenvalue weighted by atomic mass is 10.1. The Bertz CT molecular complexity index is 1510. The highest BCUT2D eigenvalue weighted by atomic mass is 32.2. The zero-order chi connectivity index (χ0) is 25.6. The number of carbonyl (C=O) groups is 1. The third-order valence-electron chi connectivity index (χ3n) is 5.58. The lowest BCUT2D eigenvalue weighted by Crippen LogP contribution is -2.22. The van der Waals surface area contributed by atoms with E-state index in [-0.39, 0.29) is 17.5 Å². The van der Waals surface area contributed by atoms with Crippen molar-refractivity contribution in [1.82, 2.24) is 25.1 Å². The molecule has 0 saturated carbocycles. The molecular weight excluding hydrogens is 492 g/mol. The summed E-state index contributed by atoms with van der Waals surface area (Å²) in [7, 11) is 0. The molecule has 0 radical (unpaired) electrons. The van der Waals surface area contributed by atoms with E-state index in [1.54, 1.807) is 42.7 Å². The molecule has 0 spiro atoms. The van der Waals surface area contributed by atoms with Crippen LogP contribution in [0.4, 0.5) is 8.78 Å². The molecule has 0 unspecified atom stereocenters. The molecule has 0 saturated heterocycles. The first-order chi connectivity index (χ1) is 18.1. The summed E-state index contributed by atoms with van der Waals surface area (Å²) in [4.78, 5) is 16.7. The average Bonchev–Trinajstić information content (AvgIpc) is 3.36. The van der Waals surface area contributed by atoms with Crippen LogP contribution in [-0.4, -0.2) is 25.7 Å². The summed E-state index contributed by atoms with van der Waals surface area (Å²) in [5.41, 5.74) is 3.83. The number of halogens is 2. The minimum Gasteiger partial charge on any atom is -0.348 e. The Morgan fingerprint density at radius 2 is 1.54 bits per heavy atom. The number of hydrogen-bond donors (Lipinski definition) is 1. The monoisotopic (exact) mass is 513 g/mol. The minimum atomic E-state index is -0.328. The van der Waals surface area contributed by atoms with Crippen molar-refractivity contribution in [3.8, 4) is 17.1 Å². The van der Waals surface area contributed by atoms with Crippen LogP contribution >= 0.6 is 11.8 Å². The molecule has 5 aromatic rings. The molecule has 5 rings (SSSR count). The SMILES string of the molecule is O=C(NCc1ccc(F)cc1)c1cccc(CSc2nnc(-c3ccncc3)n2-c2ccc(F)cc2)c1. The fraction of sp³-hybridized carbons (Fsp3) is 0.0714. The third-order valence-corrected chi connectivity index (χ3v) is 6.58. The Hall–Kier alpha value is -4.37. The average molecular weight is 514 g/mol. The van der Waals surface area contributed by atoms with Gasteiger partial charge in [-0.15, -0.1) is 10.2 Å². The predicted molar refractivity (Wildman–Crippen MR) is 138 cm³/mol. The van der Waals surface area contributed by atoms with Crippen LogP contribution < -0.4 is 5.32 Å². The number of carbonyl (C=O) groups excluding carboxylic acids is 1. The van der Waals surface area contributed by atoms with Crippen LogP contribution in [0, 0.1) is 11.6 Å². The molecule has 0 aliphatic carbocycles. The summed E-state index contributed by atoms with van der Waals surface area (Å²) in [6.45, 7) is 0.302. The van der Waals surface area contributed by atoms with E-state index in [9.17, 15) is 13.6 Å². The summed E-state index contributed by atoms with van der Waals surface area (Å²) in [6, 6.07) is 23.2. The molecule has 2 heterocycles. The summed E-state index contributed by atoms with van der Waals surface area (Å²) < 4.78 is 28.6. The molecule has 6 nitrogen and oxygen atoms in total. The Labute approximate surface area is 216 Å². The molecule has 0 bridgehead atoms. The van der Waals surface area contributed by atoms with Crippen molar-refractivity contribution >= 4 is 17.7 Å². The number of nitrogens with zero attached hydrogens (tertiary/aromatic N) is 4. The minimum absolute atomic E-state index is 0.217. The molecule has 2 aromatic heterocycles. The van der Waals surface area contributed by atoms with E-state index in [1.807, 2.05) is 34.9 Å². The zero-order valence-electron chi connectivity index (χ0n) is 19.5. The molecule has 0 fully saturated rings. The zero-order valence-corrected chi connectivity index (χ0v) is 20.3. The summed E-state index contributed by atoms with van der Waals surface area (Å²) >= 11 is 1.46. The molecule has 1 amide bonds. The van der Waals surface area contributed by atoms with E-state index < -0.39 is 0 Å². The van der Waals surface area contributed by atoms with Gasteiger partial charge in [-0.25, -0.2) is 8.78 Å². The van der Waals surface area contributed by atoms with Crippen molar-refractivity contribution in [2.45, 2.75) is 17.5 Å². The van der Waals surface area contributed by atoms with Crippen molar-refractivity contribution < 1.29 is 13.6 Å². The molecule has 0 aliphatic rings. The second-order valence-electron chi connectivity index (χ2n) is 8.15. The molecule has 3 aromatic carbocycles. The van der Waals surface area contributed by atoms with Crippen molar-refractivity contribution in [1.29, 1.82) is 0 Å². The third kappa shape index (κ3) is 5.90. The van der Waals surface area contributed by atoms with Gasteiger partial charge in [0.15, 0.2) is 11.0 Å². The molecular formula is C28H21F2N5OS. The summed E-state index contributed by atoms with van der Waals surface area (Å²) in [5, 5.41) is 12.3. The summed E-state index contributed by atoms with van der Waals surface area (Å²) in [5.74, 6) is 0.292. The second-order valence-corrected chi connectivity index (χ2v) is 9.09. The van der Waals surface area contributed by atoms with E-state index in [0.29, 0.717) is 28.8 Å². The Morgan fingerprint density at radius 1 is 0.838 bits per heavy atom. The van der Waals surface area contributed by atoms with Crippen LogP contribution in [0.25, 0.3) is 17.1 Å². The molecule has 0 aliphatic heterocycles. The first-order valence-electron chi connectivity index (χ1n) is 11.4. The number of thioether (sulfide) groups is 1. The normalized spacial score (nSPS) is 10.9. The number of hydrogen-bond acceptors (Lipinski definition) is 5. The smallest absolute Gasteiger partial charge is 0.251 e. The maximum atomic E-state index is 13.6. The van der Waals surface area contributed by atoms with Gasteiger partial charge in [-0.2, -0.15) is 0 Å².